The molecule has 3 N–H and O–H groups in total. The molecular weight excluding hydrogens is 272 g/mol. The van der Waals surface area contributed by atoms with Crippen LogP contribution in [0.2, 0.25) is 0 Å². The number of nitrogens with one attached hydrogen (secondary N) is 1. The second kappa shape index (κ2) is 5.72. The van der Waals surface area contributed by atoms with Crippen LogP contribution in [-0.4, -0.2) is 31.8 Å². The quantitative estimate of drug-likeness (QED) is 0.771. The lowest BCUT2D eigenvalue weighted by atomic mass is 10.2. The van der Waals surface area contributed by atoms with Crippen LogP contribution in [0.4, 0.5) is 5.95 Å². The highest BCUT2D eigenvalue weighted by molar-refractivity contribution is 5.74. The third kappa shape index (κ3) is 2.58. The number of nitrogens with two attached hydrogens (primary N) is 1. The van der Waals surface area contributed by atoms with Crippen molar-refractivity contribution in [2.24, 2.45) is 25.7 Å². The van der Waals surface area contributed by atoms with Crippen molar-refractivity contribution >= 4 is 17.1 Å². The van der Waals surface area contributed by atoms with Gasteiger partial charge in [0.25, 0.3) is 5.56 Å². The standard InChI is InChI=1S/C13H22N6O2/c1-8(2)7-19-9-10(16-12(19)15-6-5-14)17(3)13(21)18(4)11(9)20/h8H,5-7,14H2,1-4H3,(H,15,16). The minimum Gasteiger partial charge on any atom is -0.354 e. The van der Waals surface area contributed by atoms with Crippen LogP contribution in [0.1, 0.15) is 13.8 Å². The van der Waals surface area contributed by atoms with Gasteiger partial charge in [-0.1, -0.05) is 13.8 Å². The number of aryl methyl sites for hydroxylation is 1. The zero-order valence-corrected chi connectivity index (χ0v) is 12.9. The number of rotatable bonds is 5. The predicted octanol–water partition coefficient (Wildman–Crippen LogP) is -0.540. The number of nitrogens with zero attached hydrogens (tertiary/aromatic N) is 4. The molecule has 116 valence electrons. The Morgan fingerprint density at radius 2 is 1.90 bits per heavy atom. The molecule has 8 heteroatoms. The lowest BCUT2D eigenvalue weighted by molar-refractivity contribution is 0.533. The van der Waals surface area contributed by atoms with E-state index in [2.05, 4.69) is 24.1 Å². The average Bonchev–Trinajstić information content (AvgIpc) is 2.78. The van der Waals surface area contributed by atoms with Crippen LogP contribution in [0.5, 0.6) is 0 Å². The average molecular weight is 294 g/mol. The van der Waals surface area contributed by atoms with Crippen molar-refractivity contribution in [1.82, 2.24) is 18.7 Å². The first-order chi connectivity index (χ1) is 9.88. The van der Waals surface area contributed by atoms with E-state index in [4.69, 9.17) is 5.73 Å². The van der Waals surface area contributed by atoms with E-state index in [0.717, 1.165) is 4.57 Å². The van der Waals surface area contributed by atoms with E-state index in [1.54, 1.807) is 7.05 Å². The van der Waals surface area contributed by atoms with E-state index in [1.165, 1.54) is 11.6 Å². The molecule has 2 rings (SSSR count). The molecule has 0 aliphatic heterocycles. The highest BCUT2D eigenvalue weighted by Crippen LogP contribution is 2.17. The van der Waals surface area contributed by atoms with E-state index in [9.17, 15) is 9.59 Å². The van der Waals surface area contributed by atoms with E-state index >= 15 is 0 Å². The van der Waals surface area contributed by atoms with Crippen molar-refractivity contribution in [1.29, 1.82) is 0 Å². The largest absolute Gasteiger partial charge is 0.354 e. The van der Waals surface area contributed by atoms with Crippen molar-refractivity contribution < 1.29 is 0 Å². The third-order valence-electron chi connectivity index (χ3n) is 3.32. The second-order valence-corrected chi connectivity index (χ2v) is 5.53. The summed E-state index contributed by atoms with van der Waals surface area (Å²) in [6.07, 6.45) is 0. The van der Waals surface area contributed by atoms with Gasteiger partial charge in [0, 0.05) is 33.7 Å². The van der Waals surface area contributed by atoms with Crippen molar-refractivity contribution in [3.63, 3.8) is 0 Å². The van der Waals surface area contributed by atoms with Crippen LogP contribution in [-0.2, 0) is 20.6 Å². The first kappa shape index (κ1) is 15.3. The molecule has 0 fully saturated rings. The molecule has 0 unspecified atom stereocenters. The number of anilines is 1. The zero-order chi connectivity index (χ0) is 15.7. The predicted molar refractivity (Wildman–Crippen MR) is 82.6 cm³/mol. The third-order valence-corrected chi connectivity index (χ3v) is 3.32. The molecule has 0 aromatic carbocycles. The van der Waals surface area contributed by atoms with Gasteiger partial charge in [0.15, 0.2) is 11.2 Å². The van der Waals surface area contributed by atoms with Gasteiger partial charge in [-0.15, -0.1) is 0 Å². The fourth-order valence-corrected chi connectivity index (χ4v) is 2.31. The van der Waals surface area contributed by atoms with Gasteiger partial charge in [-0.2, -0.15) is 4.98 Å². The second-order valence-electron chi connectivity index (χ2n) is 5.53. The molecule has 0 saturated heterocycles. The molecule has 0 radical (unpaired) electrons. The minimum absolute atomic E-state index is 0.331. The SMILES string of the molecule is CC(C)Cn1c(NCCN)nc2c1c(=O)n(C)c(=O)n2C. The molecule has 2 aromatic heterocycles. The molecule has 0 bridgehead atoms. The van der Waals surface area contributed by atoms with Crippen LogP contribution >= 0.6 is 0 Å². The van der Waals surface area contributed by atoms with Crippen molar-refractivity contribution in [2.75, 3.05) is 18.4 Å². The van der Waals surface area contributed by atoms with Crippen molar-refractivity contribution in [3.05, 3.63) is 20.8 Å². The van der Waals surface area contributed by atoms with Crippen LogP contribution in [0.3, 0.4) is 0 Å². The molecule has 0 aliphatic carbocycles. The Kier molecular flexibility index (Phi) is 4.17. The fourth-order valence-electron chi connectivity index (χ4n) is 2.31. The lowest BCUT2D eigenvalue weighted by Crippen LogP contribution is -2.37. The fraction of sp³-hybridized carbons (Fsp3) is 0.615. The topological polar surface area (TPSA) is 99.9 Å². The summed E-state index contributed by atoms with van der Waals surface area (Å²) in [7, 11) is 3.09. The van der Waals surface area contributed by atoms with E-state index in [-0.39, 0.29) is 11.2 Å². The normalized spacial score (nSPS) is 11.5. The molecule has 0 aliphatic rings. The summed E-state index contributed by atoms with van der Waals surface area (Å²) in [5, 5.41) is 3.11. The van der Waals surface area contributed by atoms with E-state index in [0.29, 0.717) is 42.7 Å². The maximum absolute atomic E-state index is 12.4. The van der Waals surface area contributed by atoms with Gasteiger partial charge >= 0.3 is 5.69 Å². The Morgan fingerprint density at radius 3 is 2.48 bits per heavy atom. The lowest BCUT2D eigenvalue weighted by Gasteiger charge is -2.12. The number of hydrogen-bond donors (Lipinski definition) is 2. The maximum atomic E-state index is 12.4. The van der Waals surface area contributed by atoms with Crippen LogP contribution < -0.4 is 22.3 Å². The first-order valence-corrected chi connectivity index (χ1v) is 6.98. The Bertz CT molecular complexity index is 768. The molecule has 21 heavy (non-hydrogen) atoms. The Balaban J connectivity index is 2.80. The van der Waals surface area contributed by atoms with Gasteiger partial charge in [-0.05, 0) is 5.92 Å². The molecule has 8 nitrogen and oxygen atoms in total. The number of hydrogen-bond acceptors (Lipinski definition) is 5. The highest BCUT2D eigenvalue weighted by Gasteiger charge is 2.19. The summed E-state index contributed by atoms with van der Waals surface area (Å²) in [4.78, 5) is 28.8. The van der Waals surface area contributed by atoms with Crippen molar-refractivity contribution in [2.45, 2.75) is 20.4 Å². The number of fused-ring (bicyclic) bond motifs is 1. The maximum Gasteiger partial charge on any atom is 0.332 e. The molecule has 0 spiro atoms. The summed E-state index contributed by atoms with van der Waals surface area (Å²) in [5.74, 6) is 0.908. The van der Waals surface area contributed by atoms with Crippen LogP contribution in [0, 0.1) is 5.92 Å². The first-order valence-electron chi connectivity index (χ1n) is 6.98. The Labute approximate surface area is 122 Å². The molecule has 0 amide bonds. The van der Waals surface area contributed by atoms with Gasteiger partial charge in [0.05, 0.1) is 0 Å². The zero-order valence-electron chi connectivity index (χ0n) is 12.9. The van der Waals surface area contributed by atoms with Gasteiger partial charge in [-0.25, -0.2) is 4.79 Å². The van der Waals surface area contributed by atoms with Crippen molar-refractivity contribution in [3.8, 4) is 0 Å². The highest BCUT2D eigenvalue weighted by atomic mass is 16.2. The molecule has 2 heterocycles. The summed E-state index contributed by atoms with van der Waals surface area (Å²) in [6, 6.07) is 0. The van der Waals surface area contributed by atoms with Gasteiger partial charge < -0.3 is 15.6 Å². The van der Waals surface area contributed by atoms with Crippen LogP contribution in [0.15, 0.2) is 9.59 Å². The monoisotopic (exact) mass is 294 g/mol. The van der Waals surface area contributed by atoms with E-state index in [1.807, 2.05) is 4.57 Å². The number of imidazole rings is 1. The smallest absolute Gasteiger partial charge is 0.332 e. The van der Waals surface area contributed by atoms with E-state index < -0.39 is 0 Å². The molecule has 0 atom stereocenters. The molecule has 0 saturated carbocycles. The molecule has 2 aromatic rings. The summed E-state index contributed by atoms with van der Waals surface area (Å²) in [5.41, 5.74) is 5.63. The molecular formula is C13H22N6O2. The van der Waals surface area contributed by atoms with Gasteiger partial charge in [0.2, 0.25) is 5.95 Å². The van der Waals surface area contributed by atoms with Crippen LogP contribution in [0.25, 0.3) is 11.2 Å². The Hall–Kier alpha value is -2.09. The summed E-state index contributed by atoms with van der Waals surface area (Å²) in [6.45, 7) is 5.77. The summed E-state index contributed by atoms with van der Waals surface area (Å²) < 4.78 is 4.33. The van der Waals surface area contributed by atoms with Gasteiger partial charge in [-0.3, -0.25) is 13.9 Å². The van der Waals surface area contributed by atoms with Gasteiger partial charge in [0.1, 0.15) is 0 Å². The number of aromatic nitrogens is 4. The summed E-state index contributed by atoms with van der Waals surface area (Å²) >= 11 is 0. The Morgan fingerprint density at radius 1 is 1.24 bits per heavy atom. The minimum atomic E-state index is -0.382.